The molecule has 0 fully saturated rings. The summed E-state index contributed by atoms with van der Waals surface area (Å²) < 4.78 is 28.0. The molecule has 2 N–H and O–H groups in total. The molecule has 0 aromatic heterocycles. The van der Waals surface area contributed by atoms with Gasteiger partial charge in [0.15, 0.2) is 9.84 Å². The lowest BCUT2D eigenvalue weighted by Crippen LogP contribution is -2.19. The molecule has 1 aromatic rings. The third kappa shape index (κ3) is 5.14. The van der Waals surface area contributed by atoms with Crippen LogP contribution in [-0.4, -0.2) is 33.1 Å². The van der Waals surface area contributed by atoms with Gasteiger partial charge in [-0.2, -0.15) is 0 Å². The molecule has 0 radical (unpaired) electrons. The maximum absolute atomic E-state index is 11.3. The minimum atomic E-state index is -2.99. The Morgan fingerprint density at radius 2 is 1.81 bits per heavy atom. The van der Waals surface area contributed by atoms with E-state index >= 15 is 0 Å². The van der Waals surface area contributed by atoms with Crippen molar-refractivity contribution < 1.29 is 13.2 Å². The fourth-order valence-electron chi connectivity index (χ4n) is 1.27. The summed E-state index contributed by atoms with van der Waals surface area (Å²) in [5, 5.41) is 0. The highest BCUT2D eigenvalue weighted by Gasteiger charge is 2.08. The van der Waals surface area contributed by atoms with Gasteiger partial charge in [0, 0.05) is 6.54 Å². The lowest BCUT2D eigenvalue weighted by molar-refractivity contribution is 0.317. The molecule has 90 valence electrons. The van der Waals surface area contributed by atoms with Crippen molar-refractivity contribution >= 4 is 9.84 Å². The minimum absolute atomic E-state index is 0.0539. The zero-order chi connectivity index (χ0) is 11.9. The zero-order valence-electron chi connectivity index (χ0n) is 9.13. The lowest BCUT2D eigenvalue weighted by atomic mass is 10.3. The van der Waals surface area contributed by atoms with Gasteiger partial charge in [-0.3, -0.25) is 0 Å². The van der Waals surface area contributed by atoms with E-state index < -0.39 is 9.84 Å². The Morgan fingerprint density at radius 1 is 1.12 bits per heavy atom. The zero-order valence-corrected chi connectivity index (χ0v) is 9.95. The molecule has 0 aliphatic heterocycles. The van der Waals surface area contributed by atoms with Gasteiger partial charge in [0.1, 0.15) is 5.75 Å². The molecule has 0 amide bonds. The molecule has 0 aliphatic carbocycles. The van der Waals surface area contributed by atoms with Gasteiger partial charge >= 0.3 is 0 Å². The fourth-order valence-corrected chi connectivity index (χ4v) is 2.39. The van der Waals surface area contributed by atoms with E-state index in [9.17, 15) is 8.42 Å². The maximum atomic E-state index is 11.3. The molecule has 0 bridgehead atoms. The molecule has 0 spiro atoms. The summed E-state index contributed by atoms with van der Waals surface area (Å²) >= 11 is 0. The number of nitrogens with two attached hydrogens (primary N) is 1. The van der Waals surface area contributed by atoms with Crippen LogP contribution in [0.2, 0.25) is 0 Å². The normalized spacial score (nSPS) is 11.3. The van der Waals surface area contributed by atoms with Crippen molar-refractivity contribution in [1.29, 1.82) is 0 Å². The van der Waals surface area contributed by atoms with Gasteiger partial charge in [0.2, 0.25) is 0 Å². The van der Waals surface area contributed by atoms with Gasteiger partial charge in [-0.05, 0) is 18.6 Å². The molecule has 1 aromatic carbocycles. The molecule has 1 rings (SSSR count). The number of hydrogen-bond acceptors (Lipinski definition) is 4. The minimum Gasteiger partial charge on any atom is -0.494 e. The molecule has 16 heavy (non-hydrogen) atoms. The summed E-state index contributed by atoms with van der Waals surface area (Å²) in [4.78, 5) is 0. The highest BCUT2D eigenvalue weighted by atomic mass is 32.2. The quantitative estimate of drug-likeness (QED) is 0.720. The topological polar surface area (TPSA) is 69.4 Å². The standard InChI is InChI=1S/C11H17NO3S/c12-7-10-16(13,14)9-4-8-15-11-5-2-1-3-6-11/h1-3,5-6H,4,7-10,12H2. The van der Waals surface area contributed by atoms with Crippen molar-refractivity contribution in [2.24, 2.45) is 5.73 Å². The maximum Gasteiger partial charge on any atom is 0.151 e. The summed E-state index contributed by atoms with van der Waals surface area (Å²) in [5.74, 6) is 0.953. The molecule has 0 heterocycles. The van der Waals surface area contributed by atoms with Crippen LogP contribution in [0.15, 0.2) is 30.3 Å². The molecule has 0 saturated heterocycles. The van der Waals surface area contributed by atoms with Crippen molar-refractivity contribution in [3.63, 3.8) is 0 Å². The number of sulfone groups is 1. The van der Waals surface area contributed by atoms with Crippen molar-refractivity contribution in [3.8, 4) is 5.75 Å². The van der Waals surface area contributed by atoms with Gasteiger partial charge in [-0.25, -0.2) is 8.42 Å². The van der Waals surface area contributed by atoms with Crippen LogP contribution in [-0.2, 0) is 9.84 Å². The summed E-state index contributed by atoms with van der Waals surface area (Å²) in [7, 11) is -2.99. The van der Waals surface area contributed by atoms with Crippen LogP contribution in [0.1, 0.15) is 6.42 Å². The Labute approximate surface area is 96.3 Å². The van der Waals surface area contributed by atoms with Crippen LogP contribution in [0.3, 0.4) is 0 Å². The lowest BCUT2D eigenvalue weighted by Gasteiger charge is -2.06. The van der Waals surface area contributed by atoms with Gasteiger partial charge in [-0.1, -0.05) is 18.2 Å². The number of hydrogen-bond donors (Lipinski definition) is 1. The fraction of sp³-hybridized carbons (Fsp3) is 0.455. The Bertz CT molecular complexity index is 389. The second kappa shape index (κ2) is 6.50. The van der Waals surface area contributed by atoms with Gasteiger partial charge in [-0.15, -0.1) is 0 Å². The Balaban J connectivity index is 2.22. The van der Waals surface area contributed by atoms with Gasteiger partial charge in [0.05, 0.1) is 18.1 Å². The molecule has 0 unspecified atom stereocenters. The molecule has 0 atom stereocenters. The number of ether oxygens (including phenoxy) is 1. The van der Waals surface area contributed by atoms with Crippen LogP contribution in [0.4, 0.5) is 0 Å². The van der Waals surface area contributed by atoms with Crippen molar-refractivity contribution in [1.82, 2.24) is 0 Å². The smallest absolute Gasteiger partial charge is 0.151 e. The van der Waals surface area contributed by atoms with Crippen LogP contribution < -0.4 is 10.5 Å². The number of benzene rings is 1. The van der Waals surface area contributed by atoms with Crippen molar-refractivity contribution in [2.75, 3.05) is 24.7 Å². The predicted molar refractivity (Wildman–Crippen MR) is 64.3 cm³/mol. The summed E-state index contributed by atoms with van der Waals surface area (Å²) in [6, 6.07) is 9.34. The van der Waals surface area contributed by atoms with E-state index in [4.69, 9.17) is 10.5 Å². The molecular formula is C11H17NO3S. The van der Waals surface area contributed by atoms with Crippen molar-refractivity contribution in [2.45, 2.75) is 6.42 Å². The van der Waals surface area contributed by atoms with E-state index in [1.54, 1.807) is 0 Å². The van der Waals surface area contributed by atoms with Crippen LogP contribution in [0, 0.1) is 0 Å². The van der Waals surface area contributed by atoms with E-state index in [-0.39, 0.29) is 18.1 Å². The second-order valence-electron chi connectivity index (χ2n) is 3.46. The molecule has 0 aliphatic rings. The SMILES string of the molecule is NCCS(=O)(=O)CCCOc1ccccc1. The Morgan fingerprint density at radius 3 is 2.44 bits per heavy atom. The Hall–Kier alpha value is -1.07. The Kier molecular flexibility index (Phi) is 5.28. The second-order valence-corrected chi connectivity index (χ2v) is 5.76. The van der Waals surface area contributed by atoms with E-state index in [2.05, 4.69) is 0 Å². The van der Waals surface area contributed by atoms with Gasteiger partial charge in [0.25, 0.3) is 0 Å². The predicted octanol–water partition coefficient (Wildman–Crippen LogP) is 0.829. The van der Waals surface area contributed by atoms with Crippen LogP contribution in [0.5, 0.6) is 5.75 Å². The monoisotopic (exact) mass is 243 g/mol. The first-order valence-electron chi connectivity index (χ1n) is 5.22. The van der Waals surface area contributed by atoms with Crippen LogP contribution in [0.25, 0.3) is 0 Å². The molecule has 5 heteroatoms. The molecular weight excluding hydrogens is 226 g/mol. The summed E-state index contributed by atoms with van der Waals surface area (Å²) in [6.07, 6.45) is 0.497. The highest BCUT2D eigenvalue weighted by Crippen LogP contribution is 2.08. The van der Waals surface area contributed by atoms with Gasteiger partial charge < -0.3 is 10.5 Å². The van der Waals surface area contributed by atoms with Crippen LogP contribution >= 0.6 is 0 Å². The third-order valence-electron chi connectivity index (χ3n) is 2.04. The first-order valence-corrected chi connectivity index (χ1v) is 7.04. The van der Waals surface area contributed by atoms with Crippen molar-refractivity contribution in [3.05, 3.63) is 30.3 Å². The largest absolute Gasteiger partial charge is 0.494 e. The highest BCUT2D eigenvalue weighted by molar-refractivity contribution is 7.91. The summed E-state index contributed by atoms with van der Waals surface area (Å²) in [6.45, 7) is 0.593. The average molecular weight is 243 g/mol. The van der Waals surface area contributed by atoms with E-state index in [0.717, 1.165) is 5.75 Å². The van der Waals surface area contributed by atoms with E-state index in [0.29, 0.717) is 13.0 Å². The summed E-state index contributed by atoms with van der Waals surface area (Å²) in [5.41, 5.74) is 5.20. The average Bonchev–Trinajstić information content (AvgIpc) is 2.26. The first kappa shape index (κ1) is 13.0. The third-order valence-corrected chi connectivity index (χ3v) is 3.81. The van der Waals surface area contributed by atoms with E-state index in [1.807, 2.05) is 30.3 Å². The molecule has 4 nitrogen and oxygen atoms in total. The number of para-hydroxylation sites is 1. The van der Waals surface area contributed by atoms with E-state index in [1.165, 1.54) is 0 Å². The number of rotatable bonds is 7. The molecule has 0 saturated carbocycles. The first-order chi connectivity index (χ1) is 7.64.